The minimum atomic E-state index is -1.28. The van der Waals surface area contributed by atoms with E-state index in [1.165, 1.54) is 12.8 Å². The maximum Gasteiger partial charge on any atom is 0.311 e. The highest BCUT2D eigenvalue weighted by molar-refractivity contribution is 5.87. The fourth-order valence-electron chi connectivity index (χ4n) is 6.47. The van der Waals surface area contributed by atoms with Gasteiger partial charge in [-0.25, -0.2) is 0 Å². The Hall–Kier alpha value is -1.06. The highest BCUT2D eigenvalue weighted by Crippen LogP contribution is 2.59. The van der Waals surface area contributed by atoms with Gasteiger partial charge in [0.05, 0.1) is 10.8 Å². The van der Waals surface area contributed by atoms with Gasteiger partial charge in [0.15, 0.2) is 0 Å². The van der Waals surface area contributed by atoms with Crippen LogP contribution in [0.2, 0.25) is 0 Å². The summed E-state index contributed by atoms with van der Waals surface area (Å²) in [7, 11) is 0. The Morgan fingerprint density at radius 1 is 0.719 bits per heavy atom. The van der Waals surface area contributed by atoms with Gasteiger partial charge in [-0.3, -0.25) is 9.59 Å². The largest absolute Gasteiger partial charge is 0.481 e. The van der Waals surface area contributed by atoms with Crippen LogP contribution >= 0.6 is 0 Å². The third kappa shape index (κ3) is 7.48. The lowest BCUT2D eigenvalue weighted by Gasteiger charge is -2.53. The highest BCUT2D eigenvalue weighted by Gasteiger charge is 2.65. The van der Waals surface area contributed by atoms with Crippen molar-refractivity contribution in [2.24, 2.45) is 34.0 Å². The van der Waals surface area contributed by atoms with Crippen LogP contribution in [-0.4, -0.2) is 22.2 Å². The minimum absolute atomic E-state index is 0.0719. The number of hydrogen-bond acceptors (Lipinski definition) is 2. The molecule has 0 fully saturated rings. The first-order valence-corrected chi connectivity index (χ1v) is 13.2. The molecule has 0 heterocycles. The minimum Gasteiger partial charge on any atom is -0.481 e. The molecule has 0 aromatic carbocycles. The third-order valence-corrected chi connectivity index (χ3v) is 7.95. The maximum absolute atomic E-state index is 13.2. The van der Waals surface area contributed by atoms with Gasteiger partial charge in [-0.05, 0) is 42.4 Å². The summed E-state index contributed by atoms with van der Waals surface area (Å²) in [5.74, 6) is -2.12. The Morgan fingerprint density at radius 2 is 1.19 bits per heavy atom. The molecule has 0 spiro atoms. The van der Waals surface area contributed by atoms with Crippen LogP contribution in [0.15, 0.2) is 0 Å². The molecular formula is C28H54O4. The number of carbonyl (C=O) groups is 2. The number of carboxylic acids is 2. The molecule has 0 aliphatic carbocycles. The molecule has 0 saturated carbocycles. The summed E-state index contributed by atoms with van der Waals surface area (Å²) in [4.78, 5) is 26.4. The first-order chi connectivity index (χ1) is 14.8. The molecule has 0 aliphatic rings. The van der Waals surface area contributed by atoms with Crippen molar-refractivity contribution >= 4 is 11.9 Å². The van der Waals surface area contributed by atoms with E-state index in [0.717, 1.165) is 32.1 Å². The molecule has 0 bridgehead atoms. The lowest BCUT2D eigenvalue weighted by molar-refractivity contribution is -0.193. The van der Waals surface area contributed by atoms with Crippen LogP contribution in [0.1, 0.15) is 133 Å². The summed E-state index contributed by atoms with van der Waals surface area (Å²) in [5, 5.41) is 21.6. The van der Waals surface area contributed by atoms with Crippen molar-refractivity contribution in [3.8, 4) is 0 Å². The van der Waals surface area contributed by atoms with Crippen molar-refractivity contribution in [3.63, 3.8) is 0 Å². The Balaban J connectivity index is 6.51. The lowest BCUT2D eigenvalue weighted by atomic mass is 9.47. The van der Waals surface area contributed by atoms with E-state index in [1.807, 2.05) is 27.7 Å². The van der Waals surface area contributed by atoms with Gasteiger partial charge in [0.25, 0.3) is 0 Å². The quantitative estimate of drug-likeness (QED) is 0.216. The number of hydrogen-bond donors (Lipinski definition) is 2. The topological polar surface area (TPSA) is 74.6 Å². The van der Waals surface area contributed by atoms with Gasteiger partial charge in [-0.2, -0.15) is 0 Å². The summed E-state index contributed by atoms with van der Waals surface area (Å²) in [5.41, 5.74) is -2.47. The van der Waals surface area contributed by atoms with E-state index in [1.54, 1.807) is 0 Å². The summed E-state index contributed by atoms with van der Waals surface area (Å²) in [6.07, 6.45) is 9.46. The monoisotopic (exact) mass is 454 g/mol. The standard InChI is InChI=1S/C28H54O4/c1-10-13-14-15-16-17-18-27(24(29)30,20-21(4)19-26(7,8)9)28(25(31)32,22(5)11-2)23(6)12-3/h21-23H,10-20H2,1-9H3,(H,29,30)(H,31,32). The maximum atomic E-state index is 13.2. The van der Waals surface area contributed by atoms with Crippen molar-refractivity contribution in [1.29, 1.82) is 0 Å². The Kier molecular flexibility index (Phi) is 13.1. The van der Waals surface area contributed by atoms with E-state index < -0.39 is 22.8 Å². The van der Waals surface area contributed by atoms with E-state index in [9.17, 15) is 19.8 Å². The Bertz CT molecular complexity index is 552. The van der Waals surface area contributed by atoms with Crippen LogP contribution in [0.3, 0.4) is 0 Å². The zero-order chi connectivity index (χ0) is 25.2. The van der Waals surface area contributed by atoms with Gasteiger partial charge in [-0.1, -0.05) is 114 Å². The van der Waals surface area contributed by atoms with Crippen LogP contribution in [0.25, 0.3) is 0 Å². The van der Waals surface area contributed by atoms with Crippen molar-refractivity contribution in [1.82, 2.24) is 0 Å². The van der Waals surface area contributed by atoms with Crippen molar-refractivity contribution in [3.05, 3.63) is 0 Å². The summed E-state index contributed by atoms with van der Waals surface area (Å²) in [6.45, 7) is 18.8. The molecule has 4 atom stereocenters. The summed E-state index contributed by atoms with van der Waals surface area (Å²) >= 11 is 0. The second-order valence-electron chi connectivity index (χ2n) is 11.8. The number of carboxylic acid groups (broad SMARTS) is 2. The second-order valence-corrected chi connectivity index (χ2v) is 11.8. The third-order valence-electron chi connectivity index (χ3n) is 7.95. The smallest absolute Gasteiger partial charge is 0.311 e. The molecule has 0 amide bonds. The van der Waals surface area contributed by atoms with Crippen LogP contribution in [0, 0.1) is 34.0 Å². The van der Waals surface area contributed by atoms with Crippen molar-refractivity contribution in [2.45, 2.75) is 133 Å². The molecule has 0 rings (SSSR count). The van der Waals surface area contributed by atoms with Gasteiger partial charge >= 0.3 is 11.9 Å². The van der Waals surface area contributed by atoms with Gasteiger partial charge < -0.3 is 10.2 Å². The van der Waals surface area contributed by atoms with E-state index in [0.29, 0.717) is 25.7 Å². The van der Waals surface area contributed by atoms with Gasteiger partial charge in [0.2, 0.25) is 0 Å². The van der Waals surface area contributed by atoms with Crippen LogP contribution in [-0.2, 0) is 9.59 Å². The normalized spacial score (nSPS) is 18.9. The predicted octanol–water partition coefficient (Wildman–Crippen LogP) is 8.43. The molecule has 32 heavy (non-hydrogen) atoms. The fourth-order valence-corrected chi connectivity index (χ4v) is 6.47. The molecule has 190 valence electrons. The molecule has 0 aromatic heterocycles. The first kappa shape index (κ1) is 30.9. The van der Waals surface area contributed by atoms with E-state index >= 15 is 0 Å². The molecule has 4 unspecified atom stereocenters. The van der Waals surface area contributed by atoms with Crippen LogP contribution in [0.5, 0.6) is 0 Å². The predicted molar refractivity (Wildman–Crippen MR) is 135 cm³/mol. The number of unbranched alkanes of at least 4 members (excludes halogenated alkanes) is 5. The van der Waals surface area contributed by atoms with E-state index in [-0.39, 0.29) is 23.2 Å². The van der Waals surface area contributed by atoms with Gasteiger partial charge in [0, 0.05) is 0 Å². The molecule has 0 aromatic rings. The van der Waals surface area contributed by atoms with Crippen LogP contribution < -0.4 is 0 Å². The van der Waals surface area contributed by atoms with Gasteiger partial charge in [0.1, 0.15) is 0 Å². The van der Waals surface area contributed by atoms with Crippen molar-refractivity contribution < 1.29 is 19.8 Å². The Morgan fingerprint density at radius 3 is 1.56 bits per heavy atom. The first-order valence-electron chi connectivity index (χ1n) is 13.2. The molecular weight excluding hydrogens is 400 g/mol. The zero-order valence-corrected chi connectivity index (χ0v) is 22.7. The fraction of sp³-hybridized carbons (Fsp3) is 0.929. The molecule has 0 radical (unpaired) electrons. The van der Waals surface area contributed by atoms with E-state index in [2.05, 4.69) is 34.6 Å². The number of rotatable bonds is 17. The molecule has 4 nitrogen and oxygen atoms in total. The summed E-state index contributed by atoms with van der Waals surface area (Å²) in [6, 6.07) is 0. The summed E-state index contributed by atoms with van der Waals surface area (Å²) < 4.78 is 0. The second kappa shape index (κ2) is 13.6. The highest BCUT2D eigenvalue weighted by atomic mass is 16.4. The lowest BCUT2D eigenvalue weighted by Crippen LogP contribution is -2.60. The van der Waals surface area contributed by atoms with Crippen molar-refractivity contribution in [2.75, 3.05) is 0 Å². The average Bonchev–Trinajstić information content (AvgIpc) is 2.68. The van der Waals surface area contributed by atoms with Crippen LogP contribution in [0.4, 0.5) is 0 Å². The molecule has 0 aliphatic heterocycles. The Labute approximate surface area is 199 Å². The molecule has 4 heteroatoms. The SMILES string of the molecule is CCCCCCCCC(CC(C)CC(C)(C)C)(C(=O)O)C(C(=O)O)(C(C)CC)C(C)CC. The zero-order valence-electron chi connectivity index (χ0n) is 22.7. The van der Waals surface area contributed by atoms with Gasteiger partial charge in [-0.15, -0.1) is 0 Å². The molecule has 2 N–H and O–H groups in total. The van der Waals surface area contributed by atoms with E-state index in [4.69, 9.17) is 0 Å². The molecule has 0 saturated heterocycles. The number of aliphatic carboxylic acids is 2. The average molecular weight is 455 g/mol.